The SMILES string of the molecule is CCc1ccc(C[NH+](CC(C)C)CC(C)C)c(CC)c1.Fc1c(F)c(F)c([B-](c2c(F)c(F)c(F)c(F)c2F)(c2c(F)c(F)c(F)c(F)c2F)c2c(F)c(F)c(F)c(F)c2F)c(F)c1F. The molecule has 0 spiro atoms. The van der Waals surface area contributed by atoms with Crippen LogP contribution >= 0.6 is 0 Å². The first-order valence-electron chi connectivity index (χ1n) is 19.3. The second-order valence-corrected chi connectivity index (χ2v) is 15.7. The summed E-state index contributed by atoms with van der Waals surface area (Å²) in [7, 11) is 0. The molecular weight excluding hydrogens is 921 g/mol. The summed E-state index contributed by atoms with van der Waals surface area (Å²) in [6, 6.07) is 7.10. The molecule has 0 radical (unpaired) electrons. The molecule has 0 aliphatic heterocycles. The summed E-state index contributed by atoms with van der Waals surface area (Å²) >= 11 is 0. The molecule has 0 heterocycles. The zero-order chi connectivity index (χ0) is 49.5. The Labute approximate surface area is 357 Å². The maximum Gasteiger partial charge on any atom is 0.200 e. The molecule has 354 valence electrons. The Bertz CT molecular complexity index is 2240. The number of halogens is 20. The minimum Gasteiger partial charge on any atom is -0.331 e. The number of benzene rings is 5. The topological polar surface area (TPSA) is 4.44 Å². The number of hydrogen-bond donors (Lipinski definition) is 1. The summed E-state index contributed by atoms with van der Waals surface area (Å²) in [5.41, 5.74) is -9.75. The lowest BCUT2D eigenvalue weighted by Gasteiger charge is -2.44. The zero-order valence-electron chi connectivity index (χ0n) is 34.6. The average Bonchev–Trinajstić information content (AvgIpc) is 3.26. The van der Waals surface area contributed by atoms with Crippen molar-refractivity contribution in [3.63, 3.8) is 0 Å². The third-order valence-corrected chi connectivity index (χ3v) is 10.6. The van der Waals surface area contributed by atoms with Gasteiger partial charge in [0.15, 0.2) is 69.8 Å². The van der Waals surface area contributed by atoms with Gasteiger partial charge in [0.2, 0.25) is 0 Å². The van der Waals surface area contributed by atoms with Gasteiger partial charge in [0.25, 0.3) is 0 Å². The molecule has 1 N–H and O–H groups in total. The van der Waals surface area contributed by atoms with Crippen molar-refractivity contribution < 1.29 is 92.7 Å². The van der Waals surface area contributed by atoms with E-state index in [9.17, 15) is 52.7 Å². The van der Waals surface area contributed by atoms with Crippen molar-refractivity contribution in [2.45, 2.75) is 60.9 Å². The third-order valence-electron chi connectivity index (χ3n) is 10.6. The average molecular weight is 956 g/mol. The van der Waals surface area contributed by atoms with Gasteiger partial charge in [0, 0.05) is 17.4 Å². The minimum absolute atomic E-state index is 0.767. The number of hydrogen-bond acceptors (Lipinski definition) is 0. The number of aryl methyl sites for hydroxylation is 2. The molecule has 0 unspecified atom stereocenters. The van der Waals surface area contributed by atoms with Gasteiger partial charge in [-0.1, -0.05) is 59.7 Å². The van der Waals surface area contributed by atoms with Crippen LogP contribution in [0.2, 0.25) is 0 Å². The van der Waals surface area contributed by atoms with Gasteiger partial charge in [-0.05, 0) is 24.0 Å². The highest BCUT2D eigenvalue weighted by molar-refractivity contribution is 7.20. The van der Waals surface area contributed by atoms with Crippen molar-refractivity contribution in [3.8, 4) is 0 Å². The molecule has 0 aliphatic rings. The normalized spacial score (nSPS) is 12.0. The van der Waals surface area contributed by atoms with Gasteiger partial charge in [0.1, 0.15) is 59.2 Å². The molecule has 0 atom stereocenters. The summed E-state index contributed by atoms with van der Waals surface area (Å²) < 4.78 is 294. The quantitative estimate of drug-likeness (QED) is 0.0551. The third kappa shape index (κ3) is 9.15. The van der Waals surface area contributed by atoms with E-state index in [1.807, 2.05) is 0 Å². The second-order valence-electron chi connectivity index (χ2n) is 15.7. The molecule has 0 saturated carbocycles. The van der Waals surface area contributed by atoms with Crippen molar-refractivity contribution in [1.82, 2.24) is 0 Å². The Morgan fingerprint density at radius 2 is 0.600 bits per heavy atom. The smallest absolute Gasteiger partial charge is 0.200 e. The highest BCUT2D eigenvalue weighted by atomic mass is 19.2. The summed E-state index contributed by atoms with van der Waals surface area (Å²) in [5.74, 6) is -69.9. The molecule has 0 saturated heterocycles. The molecule has 0 aliphatic carbocycles. The van der Waals surface area contributed by atoms with Crippen LogP contribution in [0.3, 0.4) is 0 Å². The van der Waals surface area contributed by atoms with Crippen LogP contribution < -0.4 is 26.8 Å². The van der Waals surface area contributed by atoms with Crippen LogP contribution in [0.15, 0.2) is 18.2 Å². The Balaban J connectivity index is 0.000000387. The molecule has 22 heteroatoms. The van der Waals surface area contributed by atoms with Crippen LogP contribution in [-0.2, 0) is 19.4 Å². The molecular formula is C43H34BF20N. The van der Waals surface area contributed by atoms with E-state index in [-0.39, 0.29) is 0 Å². The van der Waals surface area contributed by atoms with Crippen LogP contribution in [0.4, 0.5) is 87.8 Å². The predicted molar refractivity (Wildman–Crippen MR) is 198 cm³/mol. The standard InChI is InChI=1S/C24BF20.C19H33N/c26-5-1(6(27)14(35)21(42)13(5)34)25(2-7(28)15(36)22(43)16(37)8(2)29,3-9(30)17(38)23(44)18(39)10(3)31)4-11(32)19(40)24(45)20(41)12(4)33;1-7-17-9-10-19(18(8-2)11-17)14-20(12-15(3)4)13-16(5)6/h;9-11,15-16H,7-8,12-14H2,1-6H3/q-1;/p+1. The molecule has 5 aromatic rings. The van der Waals surface area contributed by atoms with Gasteiger partial charge in [-0.3, -0.25) is 0 Å². The zero-order valence-corrected chi connectivity index (χ0v) is 34.6. The number of nitrogens with one attached hydrogen (secondary N) is 1. The first-order valence-corrected chi connectivity index (χ1v) is 19.3. The molecule has 5 aromatic carbocycles. The van der Waals surface area contributed by atoms with Gasteiger partial charge in [0.05, 0.1) is 13.1 Å². The molecule has 1 nitrogen and oxygen atoms in total. The van der Waals surface area contributed by atoms with Gasteiger partial charge >= 0.3 is 0 Å². The first kappa shape index (κ1) is 52.4. The highest BCUT2D eigenvalue weighted by Crippen LogP contribution is 2.31. The van der Waals surface area contributed by atoms with Crippen molar-refractivity contribution >= 4 is 28.0 Å². The Morgan fingerprint density at radius 1 is 0.354 bits per heavy atom. The van der Waals surface area contributed by atoms with Crippen molar-refractivity contribution in [2.24, 2.45) is 11.8 Å². The van der Waals surface area contributed by atoms with E-state index in [0.29, 0.717) is 0 Å². The maximum atomic E-state index is 15.4. The predicted octanol–water partition coefficient (Wildman–Crippen LogP) is 9.35. The maximum absolute atomic E-state index is 15.4. The second kappa shape index (κ2) is 20.1. The Kier molecular flexibility index (Phi) is 16.2. The fourth-order valence-corrected chi connectivity index (χ4v) is 7.93. The van der Waals surface area contributed by atoms with Gasteiger partial charge in [-0.2, -0.15) is 0 Å². The lowest BCUT2D eigenvalue weighted by molar-refractivity contribution is -0.919. The fourth-order valence-electron chi connectivity index (χ4n) is 7.93. The monoisotopic (exact) mass is 955 g/mol. The lowest BCUT2D eigenvalue weighted by atomic mass is 9.12. The summed E-state index contributed by atoms with van der Waals surface area (Å²) in [6.45, 7) is 17.6. The molecule has 65 heavy (non-hydrogen) atoms. The lowest BCUT2D eigenvalue weighted by Crippen LogP contribution is -3.11. The van der Waals surface area contributed by atoms with E-state index in [1.165, 1.54) is 25.2 Å². The van der Waals surface area contributed by atoms with E-state index in [4.69, 9.17) is 0 Å². The van der Waals surface area contributed by atoms with Crippen molar-refractivity contribution in [1.29, 1.82) is 0 Å². The van der Waals surface area contributed by atoms with Crippen LogP contribution in [0, 0.1) is 128 Å². The summed E-state index contributed by atoms with van der Waals surface area (Å²) in [5, 5.41) is 0. The van der Waals surface area contributed by atoms with Crippen molar-refractivity contribution in [3.05, 3.63) is 151 Å². The van der Waals surface area contributed by atoms with E-state index in [0.717, 1.165) is 24.7 Å². The molecule has 5 rings (SSSR count). The van der Waals surface area contributed by atoms with Gasteiger partial charge < -0.3 is 4.90 Å². The minimum atomic E-state index is -7.22. The van der Waals surface area contributed by atoms with E-state index < -0.39 is 144 Å². The van der Waals surface area contributed by atoms with E-state index >= 15 is 35.1 Å². The van der Waals surface area contributed by atoms with Crippen LogP contribution in [0.1, 0.15) is 58.2 Å². The molecule has 0 bridgehead atoms. The largest absolute Gasteiger partial charge is 0.331 e. The Hall–Kier alpha value is -5.28. The van der Waals surface area contributed by atoms with Crippen LogP contribution in [0.25, 0.3) is 0 Å². The van der Waals surface area contributed by atoms with Gasteiger partial charge in [-0.15, -0.1) is 21.9 Å². The van der Waals surface area contributed by atoms with E-state index in [1.54, 1.807) is 16.0 Å². The fraction of sp³-hybridized carbons (Fsp3) is 0.302. The highest BCUT2D eigenvalue weighted by Gasteiger charge is 2.52. The summed E-state index contributed by atoms with van der Waals surface area (Å²) in [6.07, 6.45) is -4.92. The van der Waals surface area contributed by atoms with Crippen molar-refractivity contribution in [2.75, 3.05) is 13.1 Å². The molecule has 0 fully saturated rings. The first-order chi connectivity index (χ1) is 30.2. The van der Waals surface area contributed by atoms with Crippen LogP contribution in [-0.4, -0.2) is 19.2 Å². The van der Waals surface area contributed by atoms with Crippen LogP contribution in [0.5, 0.6) is 0 Å². The van der Waals surface area contributed by atoms with E-state index in [2.05, 4.69) is 59.7 Å². The Morgan fingerprint density at radius 3 is 0.815 bits per heavy atom. The molecule has 0 amide bonds. The van der Waals surface area contributed by atoms with Gasteiger partial charge in [-0.25, -0.2) is 87.8 Å². The summed E-state index contributed by atoms with van der Waals surface area (Å²) in [4.78, 5) is 1.73. The number of rotatable bonds is 12. The number of quaternary nitrogens is 1. The molecule has 0 aromatic heterocycles.